The molecule has 0 fully saturated rings. The highest BCUT2D eigenvalue weighted by molar-refractivity contribution is 9.10. The zero-order valence-electron chi connectivity index (χ0n) is 11.4. The molecule has 1 amide bonds. The highest BCUT2D eigenvalue weighted by atomic mass is 79.9. The lowest BCUT2D eigenvalue weighted by molar-refractivity contribution is -0.384. The molecule has 21 heavy (non-hydrogen) atoms. The molecule has 0 aliphatic rings. The number of carbonyl (C=O) groups excluding carboxylic acids is 1. The number of nitrogens with zero attached hydrogens (tertiary/aromatic N) is 2. The van der Waals surface area contributed by atoms with Crippen LogP contribution in [0.5, 0.6) is 0 Å². The fourth-order valence-corrected chi connectivity index (χ4v) is 2.22. The van der Waals surface area contributed by atoms with Crippen molar-refractivity contribution in [1.29, 1.82) is 0 Å². The third-order valence-corrected chi connectivity index (χ3v) is 3.67. The van der Waals surface area contributed by atoms with Gasteiger partial charge in [0.1, 0.15) is 11.4 Å². The molecule has 0 spiro atoms. The van der Waals surface area contributed by atoms with Gasteiger partial charge < -0.3 is 5.32 Å². The number of hydrogen-bond acceptors (Lipinski definition) is 4. The van der Waals surface area contributed by atoms with Gasteiger partial charge in [-0.05, 0) is 59.1 Å². The largest absolute Gasteiger partial charge is 0.315 e. The lowest BCUT2D eigenvalue weighted by Gasteiger charge is -2.09. The topological polar surface area (TPSA) is 85.1 Å². The van der Waals surface area contributed by atoms with Crippen molar-refractivity contribution in [2.24, 2.45) is 0 Å². The lowest BCUT2D eigenvalue weighted by atomic mass is 10.1. The molecule has 1 aromatic carbocycles. The van der Waals surface area contributed by atoms with Gasteiger partial charge in [0, 0.05) is 16.7 Å². The average molecular weight is 350 g/mol. The molecule has 0 unspecified atom stereocenters. The number of benzene rings is 1. The molecular formula is C14H12BrN3O3. The first kappa shape index (κ1) is 15.1. The van der Waals surface area contributed by atoms with E-state index in [-0.39, 0.29) is 17.1 Å². The second-order valence-electron chi connectivity index (χ2n) is 4.50. The number of pyridine rings is 1. The van der Waals surface area contributed by atoms with Gasteiger partial charge in [0.05, 0.1) is 4.92 Å². The Morgan fingerprint density at radius 2 is 2.00 bits per heavy atom. The minimum absolute atomic E-state index is 0.140. The Kier molecular flexibility index (Phi) is 4.32. The van der Waals surface area contributed by atoms with Crippen LogP contribution in [0.4, 0.5) is 11.4 Å². The van der Waals surface area contributed by atoms with Crippen LogP contribution in [0.15, 0.2) is 34.9 Å². The van der Waals surface area contributed by atoms with E-state index in [9.17, 15) is 14.9 Å². The Morgan fingerprint density at radius 1 is 1.33 bits per heavy atom. The smallest absolute Gasteiger partial charge is 0.293 e. The molecule has 0 saturated carbocycles. The summed E-state index contributed by atoms with van der Waals surface area (Å²) in [5, 5.41) is 13.6. The molecule has 1 aromatic heterocycles. The van der Waals surface area contributed by atoms with E-state index in [1.165, 1.54) is 12.3 Å². The van der Waals surface area contributed by atoms with Gasteiger partial charge >= 0.3 is 0 Å². The summed E-state index contributed by atoms with van der Waals surface area (Å²) in [6.45, 7) is 3.61. The normalized spacial score (nSPS) is 10.2. The minimum Gasteiger partial charge on any atom is -0.315 e. The molecule has 1 N–H and O–H groups in total. The number of aromatic nitrogens is 1. The highest BCUT2D eigenvalue weighted by Gasteiger charge is 2.19. The Bertz CT molecular complexity index is 731. The van der Waals surface area contributed by atoms with E-state index in [0.717, 1.165) is 11.1 Å². The number of amides is 1. The van der Waals surface area contributed by atoms with Crippen LogP contribution in [0.3, 0.4) is 0 Å². The number of nitro benzene ring substituents is 1. The van der Waals surface area contributed by atoms with Crippen LogP contribution >= 0.6 is 15.9 Å². The van der Waals surface area contributed by atoms with Crippen LogP contribution < -0.4 is 5.32 Å². The highest BCUT2D eigenvalue weighted by Crippen LogP contribution is 2.28. The molecule has 1 heterocycles. The van der Waals surface area contributed by atoms with Crippen LogP contribution in [0.1, 0.15) is 21.6 Å². The first-order chi connectivity index (χ1) is 9.90. The summed E-state index contributed by atoms with van der Waals surface area (Å²) < 4.78 is 0.522. The van der Waals surface area contributed by atoms with E-state index in [1.807, 2.05) is 6.92 Å². The van der Waals surface area contributed by atoms with Crippen molar-refractivity contribution >= 4 is 33.2 Å². The number of rotatable bonds is 3. The molecule has 0 atom stereocenters. The number of nitro groups is 1. The third-order valence-electron chi connectivity index (χ3n) is 3.03. The Morgan fingerprint density at radius 3 is 2.62 bits per heavy atom. The van der Waals surface area contributed by atoms with Crippen LogP contribution in [0.2, 0.25) is 0 Å². The summed E-state index contributed by atoms with van der Waals surface area (Å²) in [5.74, 6) is -0.506. The van der Waals surface area contributed by atoms with Gasteiger partial charge in [-0.1, -0.05) is 0 Å². The average Bonchev–Trinajstić information content (AvgIpc) is 2.42. The SMILES string of the molecule is Cc1cc(NC(=O)c2ncccc2Br)c([N+](=O)[O-])cc1C. The predicted molar refractivity (Wildman–Crippen MR) is 82.5 cm³/mol. The van der Waals surface area contributed by atoms with Crippen molar-refractivity contribution in [2.45, 2.75) is 13.8 Å². The van der Waals surface area contributed by atoms with Crippen molar-refractivity contribution in [3.05, 3.63) is 61.9 Å². The quantitative estimate of drug-likeness (QED) is 0.677. The Hall–Kier alpha value is -2.28. The number of aryl methyl sites for hydroxylation is 2. The summed E-state index contributed by atoms with van der Waals surface area (Å²) in [6.07, 6.45) is 1.48. The predicted octanol–water partition coefficient (Wildman–Crippen LogP) is 3.62. The standard InChI is InChI=1S/C14H12BrN3O3/c1-8-6-11(12(18(20)21)7-9(8)2)17-14(19)13-10(15)4-3-5-16-13/h3-7H,1-2H3,(H,17,19). The van der Waals surface area contributed by atoms with Crippen LogP contribution in [0, 0.1) is 24.0 Å². The summed E-state index contributed by atoms with van der Waals surface area (Å²) >= 11 is 3.23. The van der Waals surface area contributed by atoms with Crippen molar-refractivity contribution < 1.29 is 9.72 Å². The van der Waals surface area contributed by atoms with Crippen LogP contribution in [-0.2, 0) is 0 Å². The molecule has 108 valence electrons. The van der Waals surface area contributed by atoms with Gasteiger partial charge in [-0.25, -0.2) is 4.98 Å². The van der Waals surface area contributed by atoms with Gasteiger partial charge in [0.2, 0.25) is 0 Å². The van der Waals surface area contributed by atoms with Gasteiger partial charge in [-0.3, -0.25) is 14.9 Å². The Labute approximate surface area is 129 Å². The van der Waals surface area contributed by atoms with E-state index < -0.39 is 10.8 Å². The number of anilines is 1. The first-order valence-corrected chi connectivity index (χ1v) is 6.87. The van der Waals surface area contributed by atoms with Gasteiger partial charge in [-0.2, -0.15) is 0 Å². The number of hydrogen-bond donors (Lipinski definition) is 1. The summed E-state index contributed by atoms with van der Waals surface area (Å²) in [5.41, 5.74) is 1.84. The first-order valence-electron chi connectivity index (χ1n) is 6.07. The molecule has 0 radical (unpaired) electrons. The van der Waals surface area contributed by atoms with Crippen molar-refractivity contribution in [1.82, 2.24) is 4.98 Å². The van der Waals surface area contributed by atoms with E-state index in [1.54, 1.807) is 25.1 Å². The van der Waals surface area contributed by atoms with E-state index in [2.05, 4.69) is 26.2 Å². The van der Waals surface area contributed by atoms with E-state index >= 15 is 0 Å². The van der Waals surface area contributed by atoms with Gasteiger partial charge in [-0.15, -0.1) is 0 Å². The monoisotopic (exact) mass is 349 g/mol. The Balaban J connectivity index is 2.40. The molecule has 2 aromatic rings. The minimum atomic E-state index is -0.518. The van der Waals surface area contributed by atoms with Gasteiger partial charge in [0.25, 0.3) is 11.6 Å². The van der Waals surface area contributed by atoms with Gasteiger partial charge in [0.15, 0.2) is 0 Å². The fraction of sp³-hybridized carbons (Fsp3) is 0.143. The van der Waals surface area contributed by atoms with Crippen LogP contribution in [0.25, 0.3) is 0 Å². The number of nitrogens with one attached hydrogen (secondary N) is 1. The number of halogens is 1. The number of carbonyl (C=O) groups is 1. The van der Waals surface area contributed by atoms with Crippen molar-refractivity contribution in [3.8, 4) is 0 Å². The maximum atomic E-state index is 12.2. The maximum absolute atomic E-state index is 12.2. The third kappa shape index (κ3) is 3.25. The molecule has 0 saturated heterocycles. The van der Waals surface area contributed by atoms with Crippen molar-refractivity contribution in [3.63, 3.8) is 0 Å². The summed E-state index contributed by atoms with van der Waals surface area (Å²) in [6, 6.07) is 6.39. The zero-order valence-corrected chi connectivity index (χ0v) is 13.0. The fourth-order valence-electron chi connectivity index (χ4n) is 1.79. The molecule has 0 aliphatic heterocycles. The lowest BCUT2D eigenvalue weighted by Crippen LogP contribution is -2.15. The molecule has 2 rings (SSSR count). The van der Waals surface area contributed by atoms with E-state index in [4.69, 9.17) is 0 Å². The summed E-state index contributed by atoms with van der Waals surface area (Å²) in [7, 11) is 0. The molecule has 0 bridgehead atoms. The second-order valence-corrected chi connectivity index (χ2v) is 5.35. The molecule has 7 heteroatoms. The van der Waals surface area contributed by atoms with Crippen LogP contribution in [-0.4, -0.2) is 15.8 Å². The molecular weight excluding hydrogens is 338 g/mol. The molecule has 0 aliphatic carbocycles. The van der Waals surface area contributed by atoms with Crippen molar-refractivity contribution in [2.75, 3.05) is 5.32 Å². The molecule has 6 nitrogen and oxygen atoms in total. The summed E-state index contributed by atoms with van der Waals surface area (Å²) in [4.78, 5) is 26.7. The second kappa shape index (κ2) is 6.01. The van der Waals surface area contributed by atoms with E-state index in [0.29, 0.717) is 4.47 Å². The zero-order chi connectivity index (χ0) is 15.6. The maximum Gasteiger partial charge on any atom is 0.293 e.